The van der Waals surface area contributed by atoms with Crippen molar-refractivity contribution in [2.75, 3.05) is 5.01 Å². The van der Waals surface area contributed by atoms with E-state index in [0.29, 0.717) is 16.3 Å². The van der Waals surface area contributed by atoms with E-state index in [-0.39, 0.29) is 22.6 Å². The number of hydrogen-bond donors (Lipinski definition) is 1. The van der Waals surface area contributed by atoms with E-state index in [9.17, 15) is 24.5 Å². The minimum absolute atomic E-state index is 0.0147. The monoisotopic (exact) mass is 489 g/mol. The molecule has 0 aliphatic carbocycles. The quantitative estimate of drug-likeness (QED) is 0.137. The largest absolute Gasteiger partial charge is 0.423 e. The lowest BCUT2D eigenvalue weighted by Crippen LogP contribution is -2.35. The van der Waals surface area contributed by atoms with Gasteiger partial charge in [0.2, 0.25) is 0 Å². The van der Waals surface area contributed by atoms with Crippen molar-refractivity contribution >= 4 is 52.9 Å². The number of non-ortho nitro benzene ring substituents is 1. The number of carbonyl (C=O) groups is 3. The van der Waals surface area contributed by atoms with Gasteiger partial charge in [-0.05, 0) is 48.0 Å². The van der Waals surface area contributed by atoms with Crippen molar-refractivity contribution in [2.45, 2.75) is 0 Å². The fourth-order valence-corrected chi connectivity index (χ4v) is 3.33. The Labute approximate surface area is 204 Å². The van der Waals surface area contributed by atoms with E-state index in [1.54, 1.807) is 54.6 Å². The van der Waals surface area contributed by atoms with Crippen LogP contribution in [0.3, 0.4) is 0 Å². The first-order valence-corrected chi connectivity index (χ1v) is 10.6. The van der Waals surface area contributed by atoms with Crippen LogP contribution in [-0.2, 0) is 14.4 Å². The highest BCUT2D eigenvalue weighted by Gasteiger charge is 2.34. The minimum Gasteiger partial charge on any atom is -0.423 e. The molecule has 0 saturated carbocycles. The number of hydrazine groups is 1. The smallest absolute Gasteiger partial charge is 0.336 e. The Kier molecular flexibility index (Phi) is 6.70. The molecule has 10 heteroatoms. The van der Waals surface area contributed by atoms with Crippen molar-refractivity contribution in [3.05, 3.63) is 111 Å². The molecule has 2 amide bonds. The number of nitro groups is 1. The Bertz CT molecular complexity index is 1380. The molecule has 9 nitrogen and oxygen atoms in total. The normalized spacial score (nSPS) is 14.4. The zero-order chi connectivity index (χ0) is 24.9. The predicted molar refractivity (Wildman–Crippen MR) is 129 cm³/mol. The third-order valence-corrected chi connectivity index (χ3v) is 5.15. The van der Waals surface area contributed by atoms with Crippen molar-refractivity contribution in [2.24, 2.45) is 0 Å². The van der Waals surface area contributed by atoms with Crippen LogP contribution in [0.2, 0.25) is 5.02 Å². The van der Waals surface area contributed by atoms with Crippen LogP contribution >= 0.6 is 11.6 Å². The standard InChI is InChI=1S/C25H16ClN3O6/c26-18-9-6-16(7-10-18)8-13-23(30)35-22-12-11-20(29(33)34)14-17(22)15-21-24(31)27-28(25(21)32)19-4-2-1-3-5-19/h1-15H,(H,27,31)/b13-8+,21-15-. The number of carbonyl (C=O) groups excluding carboxylic acids is 3. The fraction of sp³-hybridized carbons (Fsp3) is 0. The van der Waals surface area contributed by atoms with Gasteiger partial charge in [-0.25, -0.2) is 9.80 Å². The van der Waals surface area contributed by atoms with Gasteiger partial charge in [-0.3, -0.25) is 25.1 Å². The highest BCUT2D eigenvalue weighted by atomic mass is 35.5. The molecular weight excluding hydrogens is 474 g/mol. The summed E-state index contributed by atoms with van der Waals surface area (Å²) in [5.41, 5.74) is 3.02. The number of hydrogen-bond acceptors (Lipinski definition) is 6. The maximum atomic E-state index is 12.9. The molecule has 3 aromatic rings. The van der Waals surface area contributed by atoms with Crippen molar-refractivity contribution in [3.63, 3.8) is 0 Å². The van der Waals surface area contributed by atoms with E-state index in [2.05, 4.69) is 5.43 Å². The summed E-state index contributed by atoms with van der Waals surface area (Å²) in [7, 11) is 0. The van der Waals surface area contributed by atoms with E-state index in [0.717, 1.165) is 23.2 Å². The molecule has 1 heterocycles. The fourth-order valence-electron chi connectivity index (χ4n) is 3.21. The van der Waals surface area contributed by atoms with E-state index < -0.39 is 22.7 Å². The highest BCUT2D eigenvalue weighted by Crippen LogP contribution is 2.29. The van der Waals surface area contributed by atoms with Gasteiger partial charge in [0.05, 0.1) is 10.6 Å². The number of anilines is 1. The van der Waals surface area contributed by atoms with Gasteiger partial charge in [0.25, 0.3) is 17.5 Å². The van der Waals surface area contributed by atoms with Gasteiger partial charge in [0.15, 0.2) is 0 Å². The van der Waals surface area contributed by atoms with Crippen LogP contribution in [0.15, 0.2) is 84.4 Å². The molecule has 0 spiro atoms. The number of esters is 1. The molecule has 1 saturated heterocycles. The van der Waals surface area contributed by atoms with Gasteiger partial charge in [-0.15, -0.1) is 0 Å². The Morgan fingerprint density at radius 3 is 2.43 bits per heavy atom. The summed E-state index contributed by atoms with van der Waals surface area (Å²) in [4.78, 5) is 48.4. The van der Waals surface area contributed by atoms with Gasteiger partial charge in [-0.1, -0.05) is 41.9 Å². The van der Waals surface area contributed by atoms with E-state index >= 15 is 0 Å². The molecule has 4 rings (SSSR count). The van der Waals surface area contributed by atoms with Crippen LogP contribution in [-0.4, -0.2) is 22.7 Å². The van der Waals surface area contributed by atoms with Crippen molar-refractivity contribution in [1.82, 2.24) is 5.43 Å². The molecule has 35 heavy (non-hydrogen) atoms. The third kappa shape index (κ3) is 5.43. The van der Waals surface area contributed by atoms with Crippen LogP contribution in [0, 0.1) is 10.1 Å². The summed E-state index contributed by atoms with van der Waals surface area (Å²) in [5, 5.41) is 12.9. The van der Waals surface area contributed by atoms with Gasteiger partial charge in [-0.2, -0.15) is 0 Å². The zero-order valence-corrected chi connectivity index (χ0v) is 18.6. The van der Waals surface area contributed by atoms with E-state index in [4.69, 9.17) is 16.3 Å². The number of nitro benzene ring substituents is 1. The molecule has 0 atom stereocenters. The van der Waals surface area contributed by atoms with Crippen LogP contribution in [0.25, 0.3) is 12.2 Å². The predicted octanol–water partition coefficient (Wildman–Crippen LogP) is 4.33. The third-order valence-electron chi connectivity index (χ3n) is 4.90. The number of rotatable bonds is 6. The van der Waals surface area contributed by atoms with Crippen molar-refractivity contribution < 1.29 is 24.0 Å². The SMILES string of the molecule is O=C(/C=C/c1ccc(Cl)cc1)Oc1ccc([N+](=O)[O-])cc1/C=C1/C(=O)NN(c2ccccc2)C1=O. The van der Waals surface area contributed by atoms with Gasteiger partial charge < -0.3 is 4.74 Å². The number of nitrogens with one attached hydrogen (secondary N) is 1. The van der Waals surface area contributed by atoms with Gasteiger partial charge in [0, 0.05) is 28.8 Å². The van der Waals surface area contributed by atoms with Crippen molar-refractivity contribution in [1.29, 1.82) is 0 Å². The lowest BCUT2D eigenvalue weighted by Gasteiger charge is -2.13. The Hall–Kier alpha value is -4.76. The van der Waals surface area contributed by atoms with E-state index in [1.807, 2.05) is 0 Å². The summed E-state index contributed by atoms with van der Waals surface area (Å²) in [6.07, 6.45) is 3.83. The number of ether oxygens (including phenoxy) is 1. The Balaban J connectivity index is 1.63. The summed E-state index contributed by atoms with van der Waals surface area (Å²) >= 11 is 5.84. The number of nitrogens with zero attached hydrogens (tertiary/aromatic N) is 2. The average molecular weight is 490 g/mol. The second kappa shape index (κ2) is 10.0. The maximum absolute atomic E-state index is 12.9. The van der Waals surface area contributed by atoms with Gasteiger partial charge in [0.1, 0.15) is 11.3 Å². The molecule has 0 bridgehead atoms. The number of para-hydroxylation sites is 1. The molecule has 0 radical (unpaired) electrons. The van der Waals surface area contributed by atoms with E-state index in [1.165, 1.54) is 18.2 Å². The topological polar surface area (TPSA) is 119 Å². The van der Waals surface area contributed by atoms with Crippen LogP contribution in [0.1, 0.15) is 11.1 Å². The molecule has 1 N–H and O–H groups in total. The molecule has 0 aromatic heterocycles. The molecule has 3 aromatic carbocycles. The maximum Gasteiger partial charge on any atom is 0.336 e. The Morgan fingerprint density at radius 2 is 1.74 bits per heavy atom. The second-order valence-electron chi connectivity index (χ2n) is 7.26. The lowest BCUT2D eigenvalue weighted by atomic mass is 10.1. The first-order chi connectivity index (χ1) is 16.8. The molecular formula is C25H16ClN3O6. The van der Waals surface area contributed by atoms with Crippen LogP contribution < -0.4 is 15.2 Å². The molecule has 1 aliphatic heterocycles. The minimum atomic E-state index is -0.762. The molecule has 174 valence electrons. The summed E-state index contributed by atoms with van der Waals surface area (Å²) in [6.45, 7) is 0. The average Bonchev–Trinajstić information content (AvgIpc) is 3.13. The molecule has 0 unspecified atom stereocenters. The number of benzene rings is 3. The van der Waals surface area contributed by atoms with Crippen molar-refractivity contribution in [3.8, 4) is 5.75 Å². The second-order valence-corrected chi connectivity index (χ2v) is 7.70. The summed E-state index contributed by atoms with van der Waals surface area (Å²) < 4.78 is 5.34. The van der Waals surface area contributed by atoms with Gasteiger partial charge >= 0.3 is 5.97 Å². The summed E-state index contributed by atoms with van der Waals surface area (Å²) in [6, 6.07) is 18.7. The Morgan fingerprint density at radius 1 is 1.03 bits per heavy atom. The van der Waals surface area contributed by atoms with Crippen LogP contribution in [0.5, 0.6) is 5.75 Å². The lowest BCUT2D eigenvalue weighted by molar-refractivity contribution is -0.384. The van der Waals surface area contributed by atoms with Crippen LogP contribution in [0.4, 0.5) is 11.4 Å². The molecule has 1 fully saturated rings. The zero-order valence-electron chi connectivity index (χ0n) is 17.9. The summed E-state index contributed by atoms with van der Waals surface area (Å²) in [5.74, 6) is -2.19. The number of amides is 2. The highest BCUT2D eigenvalue weighted by molar-refractivity contribution is 6.31. The first kappa shape index (κ1) is 23.4. The molecule has 1 aliphatic rings. The first-order valence-electron chi connectivity index (χ1n) is 10.2. The number of halogens is 1.